The Morgan fingerprint density at radius 3 is 2.13 bits per heavy atom. The standard InChI is InChI=1S/C20H25NO.ClH/c1-15(2)18-9-11-19(12-10-18)20(22)14-21-16(3)13-17-7-5-4-6-8-17;/h4-12,15-16,21H,13-14H2,1-3H3;1H/t16-;/m0./s1. The lowest BCUT2D eigenvalue weighted by Crippen LogP contribution is -2.33. The van der Waals surface area contributed by atoms with E-state index < -0.39 is 0 Å². The maximum Gasteiger partial charge on any atom is 0.176 e. The van der Waals surface area contributed by atoms with Crippen molar-refractivity contribution in [3.8, 4) is 0 Å². The van der Waals surface area contributed by atoms with Gasteiger partial charge in [-0.1, -0.05) is 68.4 Å². The Morgan fingerprint density at radius 2 is 1.57 bits per heavy atom. The predicted molar refractivity (Wildman–Crippen MR) is 99.7 cm³/mol. The summed E-state index contributed by atoms with van der Waals surface area (Å²) in [4.78, 5) is 12.2. The van der Waals surface area contributed by atoms with Crippen molar-refractivity contribution in [2.45, 2.75) is 39.2 Å². The van der Waals surface area contributed by atoms with Crippen molar-refractivity contribution >= 4 is 18.2 Å². The molecule has 2 nitrogen and oxygen atoms in total. The first-order valence-electron chi connectivity index (χ1n) is 7.96. The minimum Gasteiger partial charge on any atom is -0.307 e. The molecule has 2 rings (SSSR count). The van der Waals surface area contributed by atoms with E-state index in [2.05, 4.69) is 38.2 Å². The number of hydrogen-bond donors (Lipinski definition) is 1. The molecule has 0 radical (unpaired) electrons. The van der Waals surface area contributed by atoms with Crippen LogP contribution >= 0.6 is 12.4 Å². The van der Waals surface area contributed by atoms with Crippen LogP contribution in [0.15, 0.2) is 54.6 Å². The van der Waals surface area contributed by atoms with Crippen LogP contribution in [0.3, 0.4) is 0 Å². The molecule has 2 aromatic rings. The van der Waals surface area contributed by atoms with Gasteiger partial charge >= 0.3 is 0 Å². The molecule has 0 fully saturated rings. The van der Waals surface area contributed by atoms with E-state index >= 15 is 0 Å². The molecule has 0 aliphatic heterocycles. The van der Waals surface area contributed by atoms with Crippen molar-refractivity contribution in [1.29, 1.82) is 0 Å². The van der Waals surface area contributed by atoms with E-state index in [4.69, 9.17) is 0 Å². The second kappa shape index (κ2) is 9.49. The highest BCUT2D eigenvalue weighted by Crippen LogP contribution is 2.14. The SMILES string of the molecule is CC(C)c1ccc(C(=O)CN[C@@H](C)Cc2ccccc2)cc1.Cl. The molecule has 0 aliphatic carbocycles. The Balaban J connectivity index is 0.00000264. The highest BCUT2D eigenvalue weighted by molar-refractivity contribution is 5.97. The van der Waals surface area contributed by atoms with Gasteiger partial charge in [-0.3, -0.25) is 4.79 Å². The highest BCUT2D eigenvalue weighted by atomic mass is 35.5. The highest BCUT2D eigenvalue weighted by Gasteiger charge is 2.09. The zero-order valence-corrected chi connectivity index (χ0v) is 14.9. The lowest BCUT2D eigenvalue weighted by molar-refractivity contribution is 0.0987. The van der Waals surface area contributed by atoms with E-state index in [9.17, 15) is 4.79 Å². The van der Waals surface area contributed by atoms with Crippen molar-refractivity contribution in [1.82, 2.24) is 5.32 Å². The van der Waals surface area contributed by atoms with Gasteiger partial charge in [-0.2, -0.15) is 0 Å². The zero-order chi connectivity index (χ0) is 15.9. The van der Waals surface area contributed by atoms with Crippen LogP contribution in [-0.2, 0) is 6.42 Å². The summed E-state index contributed by atoms with van der Waals surface area (Å²) in [6.07, 6.45) is 0.931. The third-order valence-electron chi connectivity index (χ3n) is 3.90. The van der Waals surface area contributed by atoms with Gasteiger partial charge in [-0.15, -0.1) is 12.4 Å². The Kier molecular flexibility index (Phi) is 8.01. The number of halogens is 1. The molecule has 2 aromatic carbocycles. The van der Waals surface area contributed by atoms with E-state index in [1.165, 1.54) is 11.1 Å². The van der Waals surface area contributed by atoms with Crippen LogP contribution in [0.2, 0.25) is 0 Å². The molecule has 0 heterocycles. The Hall–Kier alpha value is -1.64. The smallest absolute Gasteiger partial charge is 0.176 e. The number of rotatable bonds is 7. The minimum atomic E-state index is 0. The molecule has 1 atom stereocenters. The van der Waals surface area contributed by atoms with Crippen molar-refractivity contribution < 1.29 is 4.79 Å². The van der Waals surface area contributed by atoms with Crippen molar-refractivity contribution in [3.63, 3.8) is 0 Å². The average molecular weight is 332 g/mol. The molecule has 0 saturated carbocycles. The van der Waals surface area contributed by atoms with Crippen molar-refractivity contribution in [3.05, 3.63) is 71.3 Å². The maximum atomic E-state index is 12.2. The molecule has 23 heavy (non-hydrogen) atoms. The molecule has 0 saturated heterocycles. The van der Waals surface area contributed by atoms with Crippen LogP contribution in [0.25, 0.3) is 0 Å². The van der Waals surface area contributed by atoms with Gasteiger partial charge in [0.1, 0.15) is 0 Å². The third kappa shape index (κ3) is 6.17. The second-order valence-corrected chi connectivity index (χ2v) is 6.17. The van der Waals surface area contributed by atoms with E-state index in [-0.39, 0.29) is 24.2 Å². The molecule has 0 spiro atoms. The van der Waals surface area contributed by atoms with E-state index in [1.54, 1.807) is 0 Å². The first kappa shape index (κ1) is 19.4. The average Bonchev–Trinajstić information content (AvgIpc) is 2.53. The largest absolute Gasteiger partial charge is 0.307 e. The molecule has 0 unspecified atom stereocenters. The summed E-state index contributed by atoms with van der Waals surface area (Å²) in [6, 6.07) is 18.6. The number of Topliss-reactive ketones (excluding diaryl/α,β-unsaturated/α-hetero) is 1. The number of ketones is 1. The summed E-state index contributed by atoms with van der Waals surface area (Å²) in [5.41, 5.74) is 3.34. The predicted octanol–water partition coefficient (Wildman–Crippen LogP) is 4.64. The third-order valence-corrected chi connectivity index (χ3v) is 3.90. The van der Waals surface area contributed by atoms with Crippen LogP contribution in [0, 0.1) is 0 Å². The fraction of sp³-hybridized carbons (Fsp3) is 0.350. The Labute approximate surface area is 145 Å². The molecular formula is C20H26ClNO. The van der Waals surface area contributed by atoms with Crippen molar-refractivity contribution in [2.75, 3.05) is 6.54 Å². The topological polar surface area (TPSA) is 29.1 Å². The fourth-order valence-corrected chi connectivity index (χ4v) is 2.46. The van der Waals surface area contributed by atoms with Gasteiger partial charge in [0.05, 0.1) is 6.54 Å². The Morgan fingerprint density at radius 1 is 0.957 bits per heavy atom. The summed E-state index contributed by atoms with van der Waals surface area (Å²) in [6.45, 7) is 6.81. The quantitative estimate of drug-likeness (QED) is 0.749. The van der Waals surface area contributed by atoms with E-state index in [1.807, 2.05) is 42.5 Å². The van der Waals surface area contributed by atoms with E-state index in [0.717, 1.165) is 12.0 Å². The summed E-state index contributed by atoms with van der Waals surface area (Å²) in [7, 11) is 0. The lowest BCUT2D eigenvalue weighted by Gasteiger charge is -2.13. The second-order valence-electron chi connectivity index (χ2n) is 6.17. The molecule has 3 heteroatoms. The van der Waals surface area contributed by atoms with Gasteiger partial charge in [0, 0.05) is 11.6 Å². The maximum absolute atomic E-state index is 12.2. The molecule has 0 aromatic heterocycles. The number of hydrogen-bond acceptors (Lipinski definition) is 2. The monoisotopic (exact) mass is 331 g/mol. The van der Waals surface area contributed by atoms with Gasteiger partial charge < -0.3 is 5.32 Å². The van der Waals surface area contributed by atoms with Crippen LogP contribution < -0.4 is 5.32 Å². The van der Waals surface area contributed by atoms with Crippen LogP contribution in [-0.4, -0.2) is 18.4 Å². The normalized spacial score (nSPS) is 11.8. The number of carbonyl (C=O) groups is 1. The van der Waals surface area contributed by atoms with Gasteiger partial charge in [-0.05, 0) is 30.4 Å². The van der Waals surface area contributed by atoms with Crippen LogP contribution in [0.5, 0.6) is 0 Å². The molecular weight excluding hydrogens is 306 g/mol. The van der Waals surface area contributed by atoms with E-state index in [0.29, 0.717) is 12.5 Å². The molecule has 1 N–H and O–H groups in total. The summed E-state index contributed by atoms with van der Waals surface area (Å²) in [5, 5.41) is 3.32. The summed E-state index contributed by atoms with van der Waals surface area (Å²) < 4.78 is 0. The number of benzene rings is 2. The fourth-order valence-electron chi connectivity index (χ4n) is 2.46. The molecule has 124 valence electrons. The van der Waals surface area contributed by atoms with Crippen LogP contribution in [0.1, 0.15) is 48.2 Å². The Bertz CT molecular complexity index is 593. The van der Waals surface area contributed by atoms with Gasteiger partial charge in [-0.25, -0.2) is 0 Å². The molecule has 0 bridgehead atoms. The van der Waals surface area contributed by atoms with Crippen molar-refractivity contribution in [2.24, 2.45) is 0 Å². The van der Waals surface area contributed by atoms with Gasteiger partial charge in [0.2, 0.25) is 0 Å². The van der Waals surface area contributed by atoms with Crippen LogP contribution in [0.4, 0.5) is 0 Å². The minimum absolute atomic E-state index is 0. The first-order chi connectivity index (χ1) is 10.6. The zero-order valence-electron chi connectivity index (χ0n) is 14.1. The molecule has 0 amide bonds. The number of nitrogens with one attached hydrogen (secondary N) is 1. The first-order valence-corrected chi connectivity index (χ1v) is 7.96. The summed E-state index contributed by atoms with van der Waals surface area (Å²) in [5.74, 6) is 0.642. The number of carbonyl (C=O) groups excluding carboxylic acids is 1. The lowest BCUT2D eigenvalue weighted by atomic mass is 10.0. The van der Waals surface area contributed by atoms with Gasteiger partial charge in [0.25, 0.3) is 0 Å². The van der Waals surface area contributed by atoms with Gasteiger partial charge in [0.15, 0.2) is 5.78 Å². The molecule has 0 aliphatic rings. The summed E-state index contributed by atoms with van der Waals surface area (Å²) >= 11 is 0.